The number of fused-ring (bicyclic) bond motifs is 9. The number of allylic oxidation sites excluding steroid dienone is 1. The van der Waals surface area contributed by atoms with Crippen molar-refractivity contribution in [3.8, 4) is 34.5 Å². The molecule has 0 unspecified atom stereocenters. The minimum atomic E-state index is 0.425. The van der Waals surface area contributed by atoms with Crippen LogP contribution in [0, 0.1) is 22.8 Å². The second kappa shape index (κ2) is 6.24. The van der Waals surface area contributed by atoms with E-state index in [1.165, 1.54) is 42.1 Å². The van der Waals surface area contributed by atoms with Crippen molar-refractivity contribution in [2.45, 2.75) is 13.3 Å². The summed E-state index contributed by atoms with van der Waals surface area (Å²) in [6.45, 7) is 2.07. The lowest BCUT2D eigenvalue weighted by Gasteiger charge is -2.05. The molecule has 6 rings (SSSR count). The largest absolute Gasteiger partial charge is 0.206 e. The van der Waals surface area contributed by atoms with Crippen LogP contribution in [-0.2, 0) is 0 Å². The van der Waals surface area contributed by atoms with E-state index in [2.05, 4.69) is 48.3 Å². The Morgan fingerprint density at radius 3 is 2.07 bits per heavy atom. The van der Waals surface area contributed by atoms with E-state index in [4.69, 9.17) is 0 Å². The van der Waals surface area contributed by atoms with Crippen LogP contribution in [0.4, 0.5) is 0 Å². The maximum atomic E-state index is 9.29. The molecule has 140 valence electrons. The van der Waals surface area contributed by atoms with Crippen molar-refractivity contribution in [1.29, 1.82) is 10.5 Å². The number of hydrogen-bond acceptors (Lipinski definition) is 5. The van der Waals surface area contributed by atoms with Gasteiger partial charge in [0.15, 0.2) is 0 Å². The fraction of sp³-hybridized carbons (Fsp3) is 0.0800. The summed E-state index contributed by atoms with van der Waals surface area (Å²) in [5, 5.41) is 18.6. The van der Waals surface area contributed by atoms with E-state index in [0.29, 0.717) is 6.42 Å². The first-order valence-corrected chi connectivity index (χ1v) is 11.2. The molecule has 4 aromatic rings. The molecule has 0 saturated heterocycles. The molecule has 0 fully saturated rings. The minimum Gasteiger partial charge on any atom is -0.198 e. The van der Waals surface area contributed by atoms with Gasteiger partial charge in [-0.2, -0.15) is 15.5 Å². The SMILES string of the molecule is C/C(CC#N)=C1/c2ccccc2-c2c1sc1c3c(sc21)C(=NC#N)c1ccccc1-3. The summed E-state index contributed by atoms with van der Waals surface area (Å²) in [6.07, 6.45) is 2.42. The standard InChI is InChI=1S/C25H13N3S2/c1-13(10-11-26)18-14-6-2-3-7-15(14)19-22(18)29-25-20-16-8-4-5-9-17(16)21(28-12-27)23(20)30-24(19)25/h2-9H,10H2,1H3/b18-13+,28-21?. The molecule has 0 atom stereocenters. The van der Waals surface area contributed by atoms with Crippen molar-refractivity contribution in [2.75, 3.05) is 0 Å². The summed E-state index contributed by atoms with van der Waals surface area (Å²) >= 11 is 3.54. The molecule has 0 aliphatic heterocycles. The van der Waals surface area contributed by atoms with Gasteiger partial charge in [-0.05, 0) is 29.2 Å². The van der Waals surface area contributed by atoms with Crippen LogP contribution in [-0.4, -0.2) is 5.71 Å². The molecule has 2 aliphatic rings. The van der Waals surface area contributed by atoms with E-state index in [0.717, 1.165) is 27.3 Å². The monoisotopic (exact) mass is 419 g/mol. The Hall–Kier alpha value is -3.51. The normalized spacial score (nSPS) is 16.0. The van der Waals surface area contributed by atoms with Crippen molar-refractivity contribution >= 4 is 43.4 Å². The molecule has 0 spiro atoms. The molecular weight excluding hydrogens is 406 g/mol. The van der Waals surface area contributed by atoms with Crippen molar-refractivity contribution in [3.05, 3.63) is 75.0 Å². The quantitative estimate of drug-likeness (QED) is 0.270. The molecule has 3 nitrogen and oxygen atoms in total. The lowest BCUT2D eigenvalue weighted by atomic mass is 10.0. The molecule has 0 amide bonds. The van der Waals surface area contributed by atoms with Crippen molar-refractivity contribution in [3.63, 3.8) is 0 Å². The molecule has 0 bridgehead atoms. The van der Waals surface area contributed by atoms with Gasteiger partial charge in [0.2, 0.25) is 6.19 Å². The van der Waals surface area contributed by atoms with Gasteiger partial charge in [-0.3, -0.25) is 0 Å². The number of nitriles is 2. The summed E-state index contributed by atoms with van der Waals surface area (Å²) in [4.78, 5) is 6.53. The van der Waals surface area contributed by atoms with Crippen molar-refractivity contribution in [1.82, 2.24) is 0 Å². The van der Waals surface area contributed by atoms with Crippen LogP contribution >= 0.6 is 22.7 Å². The molecule has 0 N–H and O–H groups in total. The Morgan fingerprint density at radius 1 is 0.833 bits per heavy atom. The van der Waals surface area contributed by atoms with Crippen LogP contribution in [0.2, 0.25) is 0 Å². The molecule has 5 heteroatoms. The number of benzene rings is 2. The first-order chi connectivity index (χ1) is 14.7. The summed E-state index contributed by atoms with van der Waals surface area (Å²) in [6, 6.07) is 19.0. The molecular formula is C25H13N3S2. The summed E-state index contributed by atoms with van der Waals surface area (Å²) in [5.74, 6) is 0. The Bertz CT molecular complexity index is 1550. The van der Waals surface area contributed by atoms with Gasteiger partial charge in [-0.15, -0.1) is 22.7 Å². The number of thiophene rings is 2. The highest BCUT2D eigenvalue weighted by atomic mass is 32.1. The highest BCUT2D eigenvalue weighted by Crippen LogP contribution is 2.59. The molecule has 30 heavy (non-hydrogen) atoms. The second-order valence-electron chi connectivity index (χ2n) is 7.41. The van der Waals surface area contributed by atoms with E-state index in [9.17, 15) is 10.5 Å². The maximum absolute atomic E-state index is 9.29. The van der Waals surface area contributed by atoms with E-state index < -0.39 is 0 Å². The predicted octanol–water partition coefficient (Wildman–Crippen LogP) is 6.98. The molecule has 2 aromatic heterocycles. The Labute approximate surface area is 181 Å². The predicted molar refractivity (Wildman–Crippen MR) is 124 cm³/mol. The van der Waals surface area contributed by atoms with E-state index >= 15 is 0 Å². The number of rotatable bonds is 1. The van der Waals surface area contributed by atoms with Gasteiger partial charge in [0, 0.05) is 27.1 Å². The minimum absolute atomic E-state index is 0.425. The second-order valence-corrected chi connectivity index (χ2v) is 9.45. The lowest BCUT2D eigenvalue weighted by Crippen LogP contribution is -1.94. The van der Waals surface area contributed by atoms with Crippen LogP contribution in [0.15, 0.2) is 59.1 Å². The zero-order valence-electron chi connectivity index (χ0n) is 16.0. The first-order valence-electron chi connectivity index (χ1n) is 9.57. The van der Waals surface area contributed by atoms with Gasteiger partial charge in [0.1, 0.15) is 5.71 Å². The Balaban J connectivity index is 1.73. The first kappa shape index (κ1) is 17.4. The van der Waals surface area contributed by atoms with Crippen LogP contribution < -0.4 is 0 Å². The van der Waals surface area contributed by atoms with Gasteiger partial charge >= 0.3 is 0 Å². The summed E-state index contributed by atoms with van der Waals surface area (Å²) in [5.41, 5.74) is 10.2. The zero-order valence-corrected chi connectivity index (χ0v) is 17.6. The third-order valence-corrected chi connectivity index (χ3v) is 8.38. The van der Waals surface area contributed by atoms with Crippen LogP contribution in [0.5, 0.6) is 0 Å². The average Bonchev–Trinajstić information content (AvgIpc) is 3.44. The number of nitrogens with zero attached hydrogens (tertiary/aromatic N) is 3. The highest BCUT2D eigenvalue weighted by molar-refractivity contribution is 7.31. The Morgan fingerprint density at radius 2 is 1.40 bits per heavy atom. The van der Waals surface area contributed by atoms with E-state index in [1.54, 1.807) is 22.7 Å². The fourth-order valence-corrected chi connectivity index (χ4v) is 7.70. The fourth-order valence-electron chi connectivity index (χ4n) is 4.63. The third-order valence-electron chi connectivity index (χ3n) is 5.81. The summed E-state index contributed by atoms with van der Waals surface area (Å²) in [7, 11) is 0. The van der Waals surface area contributed by atoms with E-state index in [-0.39, 0.29) is 0 Å². The lowest BCUT2D eigenvalue weighted by molar-refractivity contribution is 1.22. The van der Waals surface area contributed by atoms with Gasteiger partial charge in [0.25, 0.3) is 0 Å². The molecule has 0 saturated carbocycles. The maximum Gasteiger partial charge on any atom is 0.206 e. The van der Waals surface area contributed by atoms with Crippen LogP contribution in [0.1, 0.15) is 34.2 Å². The molecule has 0 radical (unpaired) electrons. The molecule has 2 aromatic carbocycles. The zero-order chi connectivity index (χ0) is 20.4. The average molecular weight is 420 g/mol. The van der Waals surface area contributed by atoms with Crippen molar-refractivity contribution < 1.29 is 0 Å². The van der Waals surface area contributed by atoms with Gasteiger partial charge in [0.05, 0.1) is 26.8 Å². The Kier molecular flexibility index (Phi) is 3.61. The third kappa shape index (κ3) is 2.09. The molecule has 2 aliphatic carbocycles. The molecule has 2 heterocycles. The topological polar surface area (TPSA) is 59.9 Å². The summed E-state index contributed by atoms with van der Waals surface area (Å²) < 4.78 is 2.51. The van der Waals surface area contributed by atoms with Gasteiger partial charge < -0.3 is 0 Å². The number of hydrogen-bond donors (Lipinski definition) is 0. The smallest absolute Gasteiger partial charge is 0.198 e. The van der Waals surface area contributed by atoms with Gasteiger partial charge in [-0.1, -0.05) is 48.5 Å². The number of aliphatic imine (C=N–C) groups is 1. The van der Waals surface area contributed by atoms with Crippen LogP contribution in [0.3, 0.4) is 0 Å². The van der Waals surface area contributed by atoms with E-state index in [1.807, 2.05) is 24.4 Å². The highest BCUT2D eigenvalue weighted by Gasteiger charge is 2.36. The van der Waals surface area contributed by atoms with Crippen LogP contribution in [0.25, 0.3) is 37.2 Å². The van der Waals surface area contributed by atoms with Gasteiger partial charge in [-0.25, -0.2) is 0 Å². The van der Waals surface area contributed by atoms with Crippen molar-refractivity contribution in [2.24, 2.45) is 4.99 Å².